The Balaban J connectivity index is 1.32. The van der Waals surface area contributed by atoms with Crippen molar-refractivity contribution >= 4 is 16.8 Å². The topological polar surface area (TPSA) is 75.9 Å². The first-order valence-corrected chi connectivity index (χ1v) is 10.5. The number of pyridine rings is 1. The van der Waals surface area contributed by atoms with E-state index < -0.39 is 0 Å². The number of rotatable bonds is 5. The van der Waals surface area contributed by atoms with Crippen molar-refractivity contribution in [3.05, 3.63) is 47.9 Å². The highest BCUT2D eigenvalue weighted by Gasteiger charge is 2.29. The Kier molecular flexibility index (Phi) is 4.75. The van der Waals surface area contributed by atoms with Crippen LogP contribution in [0.25, 0.3) is 16.6 Å². The van der Waals surface area contributed by atoms with Gasteiger partial charge >= 0.3 is 0 Å². The van der Waals surface area contributed by atoms with Gasteiger partial charge in [-0.25, -0.2) is 4.68 Å². The Morgan fingerprint density at radius 2 is 1.93 bits per heavy atom. The van der Waals surface area contributed by atoms with E-state index in [0.717, 1.165) is 60.7 Å². The number of nitrogens with one attached hydrogen (secondary N) is 1. The standard InChI is InChI=1S/C22H26N6O/c1-15-20(22(29)27-12-9-18(10-13-27)24-14-16-7-8-16)25-26-28(15)19-6-2-4-17-5-3-11-23-21(17)19/h2-6,11,16,18,24H,7-10,12-14H2,1H3. The third-order valence-electron chi connectivity index (χ3n) is 6.11. The maximum absolute atomic E-state index is 13.1. The number of hydrogen-bond acceptors (Lipinski definition) is 5. The summed E-state index contributed by atoms with van der Waals surface area (Å²) in [6.45, 7) is 4.57. The van der Waals surface area contributed by atoms with E-state index in [1.54, 1.807) is 10.9 Å². The molecule has 0 atom stereocenters. The van der Waals surface area contributed by atoms with Crippen molar-refractivity contribution in [1.82, 2.24) is 30.2 Å². The number of nitrogens with zero attached hydrogens (tertiary/aromatic N) is 5. The van der Waals surface area contributed by atoms with Crippen molar-refractivity contribution in [1.29, 1.82) is 0 Å². The van der Waals surface area contributed by atoms with Crippen molar-refractivity contribution in [2.24, 2.45) is 5.92 Å². The molecule has 150 valence electrons. The Hall–Kier alpha value is -2.80. The molecule has 1 saturated heterocycles. The van der Waals surface area contributed by atoms with Crippen LogP contribution in [0.4, 0.5) is 0 Å². The average Bonchev–Trinajstić information content (AvgIpc) is 3.52. The van der Waals surface area contributed by atoms with Crippen LogP contribution in [0.2, 0.25) is 0 Å². The molecule has 29 heavy (non-hydrogen) atoms. The number of benzene rings is 1. The molecule has 0 spiro atoms. The van der Waals surface area contributed by atoms with Gasteiger partial charge < -0.3 is 10.2 Å². The molecule has 2 fully saturated rings. The minimum atomic E-state index is -0.0254. The van der Waals surface area contributed by atoms with Gasteiger partial charge in [-0.2, -0.15) is 0 Å². The fraction of sp³-hybridized carbons (Fsp3) is 0.455. The normalized spacial score (nSPS) is 17.8. The van der Waals surface area contributed by atoms with Crippen molar-refractivity contribution in [2.45, 2.75) is 38.6 Å². The van der Waals surface area contributed by atoms with Gasteiger partial charge in [0.2, 0.25) is 0 Å². The molecule has 5 rings (SSSR count). The maximum Gasteiger partial charge on any atom is 0.276 e. The second-order valence-electron chi connectivity index (χ2n) is 8.21. The van der Waals surface area contributed by atoms with Crippen molar-refractivity contribution in [2.75, 3.05) is 19.6 Å². The third kappa shape index (κ3) is 3.62. The van der Waals surface area contributed by atoms with E-state index in [-0.39, 0.29) is 5.91 Å². The third-order valence-corrected chi connectivity index (χ3v) is 6.11. The molecule has 3 heterocycles. The Labute approximate surface area is 170 Å². The summed E-state index contributed by atoms with van der Waals surface area (Å²) in [5, 5.41) is 13.2. The molecule has 7 heteroatoms. The van der Waals surface area contributed by atoms with Gasteiger partial charge in [0, 0.05) is 30.7 Å². The summed E-state index contributed by atoms with van der Waals surface area (Å²) in [7, 11) is 0. The predicted molar refractivity (Wildman–Crippen MR) is 111 cm³/mol. The van der Waals surface area contributed by atoms with Crippen LogP contribution < -0.4 is 5.32 Å². The molecule has 0 unspecified atom stereocenters. The zero-order chi connectivity index (χ0) is 19.8. The van der Waals surface area contributed by atoms with Crippen LogP contribution in [0.5, 0.6) is 0 Å². The molecule has 1 amide bonds. The number of para-hydroxylation sites is 1. The SMILES string of the molecule is Cc1c(C(=O)N2CCC(NCC3CC3)CC2)nnn1-c1cccc2cccnc12. The minimum Gasteiger partial charge on any atom is -0.337 e. The lowest BCUT2D eigenvalue weighted by atomic mass is 10.0. The maximum atomic E-state index is 13.1. The van der Waals surface area contributed by atoms with Gasteiger partial charge in [-0.3, -0.25) is 9.78 Å². The van der Waals surface area contributed by atoms with Crippen molar-refractivity contribution in [3.63, 3.8) is 0 Å². The van der Waals surface area contributed by atoms with E-state index in [1.165, 1.54) is 12.8 Å². The summed E-state index contributed by atoms with van der Waals surface area (Å²) in [6, 6.07) is 10.4. The molecule has 1 aliphatic carbocycles. The second-order valence-corrected chi connectivity index (χ2v) is 8.21. The van der Waals surface area contributed by atoms with Crippen LogP contribution in [0, 0.1) is 12.8 Å². The number of piperidine rings is 1. The summed E-state index contributed by atoms with van der Waals surface area (Å²) in [5.74, 6) is 0.860. The summed E-state index contributed by atoms with van der Waals surface area (Å²) in [4.78, 5) is 19.5. The van der Waals surface area contributed by atoms with E-state index in [0.29, 0.717) is 11.7 Å². The monoisotopic (exact) mass is 390 g/mol. The van der Waals surface area contributed by atoms with Gasteiger partial charge in [-0.15, -0.1) is 5.10 Å². The molecule has 1 N–H and O–H groups in total. The summed E-state index contributed by atoms with van der Waals surface area (Å²) >= 11 is 0. The number of carbonyl (C=O) groups is 1. The first-order chi connectivity index (χ1) is 14.2. The van der Waals surface area contributed by atoms with E-state index in [4.69, 9.17) is 0 Å². The quantitative estimate of drug-likeness (QED) is 0.725. The molecule has 1 aromatic carbocycles. The number of carbonyl (C=O) groups excluding carboxylic acids is 1. The van der Waals surface area contributed by atoms with Crippen LogP contribution in [0.15, 0.2) is 36.5 Å². The lowest BCUT2D eigenvalue weighted by Gasteiger charge is -2.32. The Morgan fingerprint density at radius 3 is 2.72 bits per heavy atom. The molecule has 2 aromatic heterocycles. The summed E-state index contributed by atoms with van der Waals surface area (Å²) in [5.41, 5.74) is 2.88. The Bertz CT molecular complexity index is 1030. The first kappa shape index (κ1) is 18.2. The highest BCUT2D eigenvalue weighted by molar-refractivity contribution is 5.94. The van der Waals surface area contributed by atoms with E-state index in [2.05, 4.69) is 20.6 Å². The predicted octanol–water partition coefficient (Wildman–Crippen LogP) is 2.73. The van der Waals surface area contributed by atoms with Crippen LogP contribution in [0.1, 0.15) is 41.9 Å². The molecule has 1 aliphatic heterocycles. The highest BCUT2D eigenvalue weighted by atomic mass is 16.2. The second kappa shape index (κ2) is 7.55. The minimum absolute atomic E-state index is 0.0254. The molecule has 3 aromatic rings. The lowest BCUT2D eigenvalue weighted by molar-refractivity contribution is 0.0698. The van der Waals surface area contributed by atoms with E-state index in [9.17, 15) is 4.79 Å². The van der Waals surface area contributed by atoms with Gasteiger partial charge in [0.05, 0.1) is 16.9 Å². The van der Waals surface area contributed by atoms with Crippen LogP contribution in [-0.4, -0.2) is 56.5 Å². The van der Waals surface area contributed by atoms with Gasteiger partial charge in [-0.05, 0) is 57.2 Å². The van der Waals surface area contributed by atoms with E-state index in [1.807, 2.05) is 42.2 Å². The number of aromatic nitrogens is 4. The van der Waals surface area contributed by atoms with Crippen molar-refractivity contribution in [3.8, 4) is 5.69 Å². The molecular formula is C22H26N6O. The van der Waals surface area contributed by atoms with Crippen LogP contribution in [-0.2, 0) is 0 Å². The molecule has 0 bridgehead atoms. The smallest absolute Gasteiger partial charge is 0.276 e. The fourth-order valence-electron chi connectivity index (χ4n) is 4.11. The zero-order valence-corrected chi connectivity index (χ0v) is 16.7. The number of likely N-dealkylation sites (tertiary alicyclic amines) is 1. The number of fused-ring (bicyclic) bond motifs is 1. The molecule has 2 aliphatic rings. The summed E-state index contributed by atoms with van der Waals surface area (Å²) in [6.07, 6.45) is 6.50. The summed E-state index contributed by atoms with van der Waals surface area (Å²) < 4.78 is 1.73. The lowest BCUT2D eigenvalue weighted by Crippen LogP contribution is -2.45. The highest BCUT2D eigenvalue weighted by Crippen LogP contribution is 2.28. The van der Waals surface area contributed by atoms with E-state index >= 15 is 0 Å². The van der Waals surface area contributed by atoms with Gasteiger partial charge in [0.25, 0.3) is 5.91 Å². The van der Waals surface area contributed by atoms with Gasteiger partial charge in [0.15, 0.2) is 5.69 Å². The Morgan fingerprint density at radius 1 is 1.14 bits per heavy atom. The zero-order valence-electron chi connectivity index (χ0n) is 16.7. The number of hydrogen-bond donors (Lipinski definition) is 1. The molecule has 7 nitrogen and oxygen atoms in total. The first-order valence-electron chi connectivity index (χ1n) is 10.5. The van der Waals surface area contributed by atoms with Crippen LogP contribution in [0.3, 0.4) is 0 Å². The molecular weight excluding hydrogens is 364 g/mol. The van der Waals surface area contributed by atoms with Crippen LogP contribution >= 0.6 is 0 Å². The van der Waals surface area contributed by atoms with Gasteiger partial charge in [0.1, 0.15) is 0 Å². The van der Waals surface area contributed by atoms with Crippen molar-refractivity contribution < 1.29 is 4.79 Å². The largest absolute Gasteiger partial charge is 0.337 e. The molecule has 1 saturated carbocycles. The average molecular weight is 390 g/mol. The van der Waals surface area contributed by atoms with Gasteiger partial charge in [-0.1, -0.05) is 23.4 Å². The number of amides is 1. The fourth-order valence-corrected chi connectivity index (χ4v) is 4.11. The molecule has 0 radical (unpaired) electrons.